The van der Waals surface area contributed by atoms with Crippen LogP contribution in [-0.2, 0) is 15.1 Å². The van der Waals surface area contributed by atoms with Crippen molar-refractivity contribution in [3.63, 3.8) is 0 Å². The van der Waals surface area contributed by atoms with Gasteiger partial charge in [-0.1, -0.05) is 11.6 Å². The number of fused-ring (bicyclic) bond motifs is 2. The minimum absolute atomic E-state index is 0.0452. The van der Waals surface area contributed by atoms with E-state index in [1.54, 1.807) is 18.2 Å². The molecule has 0 aliphatic carbocycles. The van der Waals surface area contributed by atoms with E-state index in [0.717, 1.165) is 0 Å². The third kappa shape index (κ3) is 5.00. The Morgan fingerprint density at radius 2 is 2.00 bits per heavy atom. The number of likely N-dealkylation sites (tertiary alicyclic amines) is 1. The zero-order valence-electron chi connectivity index (χ0n) is 18.3. The fraction of sp³-hybridized carbons (Fsp3) is 0.250. The fourth-order valence-electron chi connectivity index (χ4n) is 4.25. The van der Waals surface area contributed by atoms with Gasteiger partial charge in [-0.2, -0.15) is 0 Å². The number of halogens is 1. The Hall–Kier alpha value is -4.23. The number of terminal acetylenes is 1. The number of anilines is 2. The molecule has 10 nitrogen and oxygen atoms in total. The highest BCUT2D eigenvalue weighted by molar-refractivity contribution is 6.30. The van der Waals surface area contributed by atoms with Gasteiger partial charge in [0.25, 0.3) is 5.91 Å². The largest absolute Gasteiger partial charge is 0.465 e. The van der Waals surface area contributed by atoms with Crippen LogP contribution < -0.4 is 16.0 Å². The average molecular weight is 497 g/mol. The van der Waals surface area contributed by atoms with E-state index >= 15 is 0 Å². The topological polar surface area (TPSA) is 137 Å². The number of hydrogen-bond donors (Lipinski definition) is 4. The predicted octanol–water partition coefficient (Wildman–Crippen LogP) is 3.24. The zero-order chi connectivity index (χ0) is 25.2. The molecule has 1 spiro atoms. The summed E-state index contributed by atoms with van der Waals surface area (Å²) in [5.41, 5.74) is 0.700. The molecule has 11 heteroatoms. The van der Waals surface area contributed by atoms with Crippen LogP contribution in [0.4, 0.5) is 21.0 Å². The van der Waals surface area contributed by atoms with Gasteiger partial charge in [-0.25, -0.2) is 9.59 Å². The summed E-state index contributed by atoms with van der Waals surface area (Å²) in [7, 11) is 0. The molecule has 4 N–H and O–H groups in total. The van der Waals surface area contributed by atoms with E-state index in [0.29, 0.717) is 28.4 Å². The molecule has 4 amide bonds. The maximum atomic E-state index is 13.3. The van der Waals surface area contributed by atoms with Crippen LogP contribution in [0.5, 0.6) is 0 Å². The number of carbonyl (C=O) groups excluding carboxylic acids is 3. The van der Waals surface area contributed by atoms with Gasteiger partial charge in [0, 0.05) is 41.2 Å². The van der Waals surface area contributed by atoms with Gasteiger partial charge in [0.15, 0.2) is 5.60 Å². The van der Waals surface area contributed by atoms with Crippen LogP contribution in [-0.4, -0.2) is 53.1 Å². The Bertz CT molecular complexity index is 1240. The summed E-state index contributed by atoms with van der Waals surface area (Å²) < 4.78 is 5.65. The molecule has 4 rings (SSSR count). The summed E-state index contributed by atoms with van der Waals surface area (Å²) >= 11 is 6.16. The molecule has 2 aromatic rings. The van der Waals surface area contributed by atoms with E-state index in [2.05, 4.69) is 21.9 Å². The molecule has 1 unspecified atom stereocenters. The van der Waals surface area contributed by atoms with Gasteiger partial charge in [-0.3, -0.25) is 20.2 Å². The summed E-state index contributed by atoms with van der Waals surface area (Å²) in [6.07, 6.45) is 3.91. The van der Waals surface area contributed by atoms with Crippen molar-refractivity contribution in [1.82, 2.24) is 10.2 Å². The number of carboxylic acid groups (broad SMARTS) is 1. The fourth-order valence-corrected chi connectivity index (χ4v) is 4.42. The molecule has 2 aliphatic rings. The summed E-state index contributed by atoms with van der Waals surface area (Å²) in [4.78, 5) is 50.5. The van der Waals surface area contributed by atoms with Crippen LogP contribution in [0.2, 0.25) is 5.02 Å². The van der Waals surface area contributed by atoms with E-state index < -0.39 is 35.6 Å². The molecule has 2 atom stereocenters. The highest BCUT2D eigenvalue weighted by Crippen LogP contribution is 2.43. The molecule has 0 saturated carbocycles. The molecule has 180 valence electrons. The molecular formula is C24H21ClN4O6. The van der Waals surface area contributed by atoms with Crippen LogP contribution in [0.15, 0.2) is 42.5 Å². The van der Waals surface area contributed by atoms with E-state index in [1.807, 2.05) is 0 Å². The Morgan fingerprint density at radius 1 is 1.26 bits per heavy atom. The first-order valence-electron chi connectivity index (χ1n) is 10.6. The Labute approximate surface area is 205 Å². The molecule has 1 saturated heterocycles. The van der Waals surface area contributed by atoms with Crippen LogP contribution in [0.3, 0.4) is 0 Å². The third-order valence-corrected chi connectivity index (χ3v) is 6.10. The van der Waals surface area contributed by atoms with Crippen LogP contribution in [0.25, 0.3) is 0 Å². The lowest BCUT2D eigenvalue weighted by molar-refractivity contribution is -0.133. The normalized spacial score (nSPS) is 19.1. The third-order valence-electron chi connectivity index (χ3n) is 5.86. The number of nitrogens with one attached hydrogen (secondary N) is 3. The summed E-state index contributed by atoms with van der Waals surface area (Å²) in [5, 5.41) is 16.7. The first kappa shape index (κ1) is 23.9. The number of nitrogens with zero attached hydrogens (tertiary/aromatic N) is 1. The van der Waals surface area contributed by atoms with Gasteiger partial charge < -0.3 is 20.1 Å². The highest BCUT2D eigenvalue weighted by atomic mass is 35.5. The van der Waals surface area contributed by atoms with Gasteiger partial charge in [0.1, 0.15) is 6.04 Å². The molecule has 0 bridgehead atoms. The lowest BCUT2D eigenvalue weighted by Gasteiger charge is -2.35. The second-order valence-corrected chi connectivity index (χ2v) is 8.59. The minimum atomic E-state index is -1.23. The van der Waals surface area contributed by atoms with Crippen molar-refractivity contribution in [2.24, 2.45) is 0 Å². The molecule has 1 fully saturated rings. The SMILES string of the molecule is C#CC[C@H](NC(=O)c1ccc(NC(=O)O)cc1)C(=O)N1CCC2(C1)OC(=O)Nc1ccc(Cl)cc12. The molecule has 2 heterocycles. The first-order valence-corrected chi connectivity index (χ1v) is 11.0. The number of amides is 4. The number of ether oxygens (including phenoxy) is 1. The number of carbonyl (C=O) groups is 4. The summed E-state index contributed by atoms with van der Waals surface area (Å²) in [6, 6.07) is 9.75. The summed E-state index contributed by atoms with van der Waals surface area (Å²) in [6.45, 7) is 0.365. The Morgan fingerprint density at radius 3 is 2.69 bits per heavy atom. The molecular weight excluding hydrogens is 476 g/mol. The number of benzene rings is 2. The zero-order valence-corrected chi connectivity index (χ0v) is 19.1. The van der Waals surface area contributed by atoms with Gasteiger partial charge >= 0.3 is 12.2 Å². The lowest BCUT2D eigenvalue weighted by atomic mass is 9.90. The van der Waals surface area contributed by atoms with Gasteiger partial charge in [-0.05, 0) is 42.5 Å². The first-order chi connectivity index (χ1) is 16.7. The van der Waals surface area contributed by atoms with Crippen molar-refractivity contribution < 1.29 is 29.0 Å². The lowest BCUT2D eigenvalue weighted by Crippen LogP contribution is -2.49. The van der Waals surface area contributed by atoms with Gasteiger partial charge in [-0.15, -0.1) is 12.3 Å². The predicted molar refractivity (Wildman–Crippen MR) is 127 cm³/mol. The molecule has 2 aromatic carbocycles. The Balaban J connectivity index is 1.49. The number of rotatable bonds is 5. The van der Waals surface area contributed by atoms with E-state index in [9.17, 15) is 19.2 Å². The number of hydrogen-bond acceptors (Lipinski definition) is 5. The van der Waals surface area contributed by atoms with E-state index in [1.165, 1.54) is 29.2 Å². The Kier molecular flexibility index (Phi) is 6.53. The van der Waals surface area contributed by atoms with Crippen molar-refractivity contribution >= 4 is 47.0 Å². The maximum Gasteiger partial charge on any atom is 0.412 e. The van der Waals surface area contributed by atoms with Crippen molar-refractivity contribution in [2.45, 2.75) is 24.5 Å². The smallest absolute Gasteiger partial charge is 0.412 e. The van der Waals surface area contributed by atoms with Crippen LogP contribution >= 0.6 is 11.6 Å². The second-order valence-electron chi connectivity index (χ2n) is 8.15. The average Bonchev–Trinajstić information content (AvgIpc) is 3.23. The van der Waals surface area contributed by atoms with Crippen molar-refractivity contribution in [3.8, 4) is 12.3 Å². The maximum absolute atomic E-state index is 13.3. The van der Waals surface area contributed by atoms with Gasteiger partial charge in [0.05, 0.1) is 12.2 Å². The quantitative estimate of drug-likeness (QED) is 0.469. The molecule has 0 radical (unpaired) electrons. The van der Waals surface area contributed by atoms with Crippen LogP contribution in [0.1, 0.15) is 28.8 Å². The van der Waals surface area contributed by atoms with Crippen molar-refractivity contribution in [1.29, 1.82) is 0 Å². The highest BCUT2D eigenvalue weighted by Gasteiger charge is 2.49. The van der Waals surface area contributed by atoms with Crippen LogP contribution in [0, 0.1) is 12.3 Å². The summed E-state index contributed by atoms with van der Waals surface area (Å²) in [5.74, 6) is 1.46. The van der Waals surface area contributed by atoms with Crippen molar-refractivity contribution in [3.05, 3.63) is 58.6 Å². The second kappa shape index (κ2) is 9.56. The van der Waals surface area contributed by atoms with E-state index in [4.69, 9.17) is 27.9 Å². The molecule has 0 aromatic heterocycles. The van der Waals surface area contributed by atoms with E-state index in [-0.39, 0.29) is 25.1 Å². The molecule has 2 aliphatic heterocycles. The van der Waals surface area contributed by atoms with Crippen molar-refractivity contribution in [2.75, 3.05) is 23.7 Å². The minimum Gasteiger partial charge on any atom is -0.465 e. The molecule has 35 heavy (non-hydrogen) atoms. The monoisotopic (exact) mass is 496 g/mol. The van der Waals surface area contributed by atoms with Gasteiger partial charge in [0.2, 0.25) is 5.91 Å². The standard InChI is InChI=1S/C24H21ClN4O6/c1-2-3-19(27-20(30)14-4-7-16(8-5-14)26-22(32)33)21(31)29-11-10-24(13-29)17-12-15(25)6-9-18(17)28-23(34)35-24/h1,4-9,12,19,26H,3,10-11,13H2,(H,27,30)(H,28,34)(H,32,33)/t19-,24?/m0/s1.